The first-order valence-electron chi connectivity index (χ1n) is 6.89. The Hall–Kier alpha value is -2.00. The fraction of sp³-hybridized carbons (Fsp3) is 0.294. The molecule has 2 aromatic rings. The van der Waals surface area contributed by atoms with Crippen LogP contribution in [0.2, 0.25) is 0 Å². The molecule has 0 bridgehead atoms. The van der Waals surface area contributed by atoms with Crippen molar-refractivity contribution in [3.63, 3.8) is 0 Å². The third-order valence-corrected chi connectivity index (χ3v) is 3.23. The lowest BCUT2D eigenvalue weighted by Gasteiger charge is -2.10. The molecule has 0 fully saturated rings. The second-order valence-electron chi connectivity index (χ2n) is 5.27. The minimum absolute atomic E-state index is 0.305. The zero-order chi connectivity index (χ0) is 14.4. The molecule has 0 radical (unpaired) electrons. The van der Waals surface area contributed by atoms with Crippen molar-refractivity contribution in [2.45, 2.75) is 13.0 Å². The van der Waals surface area contributed by atoms with Crippen molar-refractivity contribution >= 4 is 5.69 Å². The van der Waals surface area contributed by atoms with E-state index in [1.54, 1.807) is 12.1 Å². The van der Waals surface area contributed by atoms with Crippen molar-refractivity contribution < 1.29 is 5.11 Å². The maximum atomic E-state index is 9.24. The maximum Gasteiger partial charge on any atom is 0.115 e. The number of anilines is 1. The summed E-state index contributed by atoms with van der Waals surface area (Å²) in [6, 6.07) is 15.8. The summed E-state index contributed by atoms with van der Waals surface area (Å²) in [5, 5.41) is 12.6. The van der Waals surface area contributed by atoms with Gasteiger partial charge < -0.3 is 15.3 Å². The van der Waals surface area contributed by atoms with Crippen molar-refractivity contribution in [2.75, 3.05) is 26.0 Å². The average molecular weight is 270 g/mol. The van der Waals surface area contributed by atoms with Crippen LogP contribution in [-0.4, -0.2) is 30.6 Å². The fourth-order valence-electron chi connectivity index (χ4n) is 1.96. The van der Waals surface area contributed by atoms with Gasteiger partial charge in [0.05, 0.1) is 0 Å². The van der Waals surface area contributed by atoms with Crippen LogP contribution in [-0.2, 0) is 13.0 Å². The van der Waals surface area contributed by atoms with E-state index in [2.05, 4.69) is 48.6 Å². The molecule has 0 atom stereocenters. The molecule has 0 unspecified atom stereocenters. The second kappa shape index (κ2) is 6.96. The van der Waals surface area contributed by atoms with E-state index in [4.69, 9.17) is 0 Å². The Morgan fingerprint density at radius 1 is 0.900 bits per heavy atom. The Morgan fingerprint density at radius 2 is 1.50 bits per heavy atom. The molecule has 0 aliphatic rings. The highest BCUT2D eigenvalue weighted by Crippen LogP contribution is 2.14. The summed E-state index contributed by atoms with van der Waals surface area (Å²) >= 11 is 0. The van der Waals surface area contributed by atoms with E-state index in [0.29, 0.717) is 5.75 Å². The standard InChI is InChI=1S/C17H22N2O/c1-19(2)12-11-14-3-7-16(8-4-14)18-13-15-5-9-17(20)10-6-15/h3-10,18,20H,11-13H2,1-2H3. The topological polar surface area (TPSA) is 35.5 Å². The van der Waals surface area contributed by atoms with Crippen LogP contribution in [0.1, 0.15) is 11.1 Å². The lowest BCUT2D eigenvalue weighted by atomic mass is 10.1. The first-order chi connectivity index (χ1) is 9.63. The minimum Gasteiger partial charge on any atom is -0.508 e. The number of phenolic OH excluding ortho intramolecular Hbond substituents is 1. The van der Waals surface area contributed by atoms with Gasteiger partial charge in [0.25, 0.3) is 0 Å². The smallest absolute Gasteiger partial charge is 0.115 e. The summed E-state index contributed by atoms with van der Waals surface area (Å²) in [5.74, 6) is 0.305. The molecule has 0 saturated heterocycles. The predicted molar refractivity (Wildman–Crippen MR) is 84.1 cm³/mol. The van der Waals surface area contributed by atoms with Gasteiger partial charge in [-0.15, -0.1) is 0 Å². The van der Waals surface area contributed by atoms with Gasteiger partial charge in [-0.05, 0) is 55.9 Å². The third kappa shape index (κ3) is 4.59. The Labute approximate surface area is 120 Å². The molecule has 2 rings (SSSR count). The Morgan fingerprint density at radius 3 is 2.10 bits per heavy atom. The number of nitrogens with zero attached hydrogens (tertiary/aromatic N) is 1. The minimum atomic E-state index is 0.305. The van der Waals surface area contributed by atoms with Gasteiger partial charge in [0, 0.05) is 18.8 Å². The molecule has 106 valence electrons. The zero-order valence-corrected chi connectivity index (χ0v) is 12.1. The highest BCUT2D eigenvalue weighted by molar-refractivity contribution is 5.45. The molecule has 2 aromatic carbocycles. The van der Waals surface area contributed by atoms with Crippen LogP contribution in [0.5, 0.6) is 5.75 Å². The molecule has 2 N–H and O–H groups in total. The molecule has 0 aromatic heterocycles. The molecule has 20 heavy (non-hydrogen) atoms. The SMILES string of the molecule is CN(C)CCc1ccc(NCc2ccc(O)cc2)cc1. The lowest BCUT2D eigenvalue weighted by Crippen LogP contribution is -2.14. The molecule has 0 aliphatic heterocycles. The summed E-state index contributed by atoms with van der Waals surface area (Å²) in [6.45, 7) is 1.83. The largest absolute Gasteiger partial charge is 0.508 e. The van der Waals surface area contributed by atoms with Gasteiger partial charge in [-0.2, -0.15) is 0 Å². The number of benzene rings is 2. The van der Waals surface area contributed by atoms with E-state index >= 15 is 0 Å². The molecule has 0 heterocycles. The predicted octanol–water partition coefficient (Wildman–Crippen LogP) is 3.11. The maximum absolute atomic E-state index is 9.24. The van der Waals surface area contributed by atoms with E-state index in [0.717, 1.165) is 30.8 Å². The van der Waals surface area contributed by atoms with Crippen LogP contribution in [0.4, 0.5) is 5.69 Å². The number of rotatable bonds is 6. The van der Waals surface area contributed by atoms with Gasteiger partial charge in [-0.25, -0.2) is 0 Å². The summed E-state index contributed by atoms with van der Waals surface area (Å²) < 4.78 is 0. The van der Waals surface area contributed by atoms with Crippen LogP contribution < -0.4 is 5.32 Å². The van der Waals surface area contributed by atoms with Crippen molar-refractivity contribution in [3.05, 3.63) is 59.7 Å². The number of hydrogen-bond acceptors (Lipinski definition) is 3. The molecule has 3 nitrogen and oxygen atoms in total. The van der Waals surface area contributed by atoms with Crippen LogP contribution in [0.25, 0.3) is 0 Å². The summed E-state index contributed by atoms with van der Waals surface area (Å²) in [4.78, 5) is 2.19. The van der Waals surface area contributed by atoms with Gasteiger partial charge in [-0.3, -0.25) is 0 Å². The quantitative estimate of drug-likeness (QED) is 0.846. The molecule has 0 spiro atoms. The van der Waals surface area contributed by atoms with Crippen molar-refractivity contribution in [1.82, 2.24) is 4.90 Å². The third-order valence-electron chi connectivity index (χ3n) is 3.23. The lowest BCUT2D eigenvalue weighted by molar-refractivity contribution is 0.413. The normalized spacial score (nSPS) is 10.8. The monoisotopic (exact) mass is 270 g/mol. The van der Waals surface area contributed by atoms with Gasteiger partial charge >= 0.3 is 0 Å². The Bertz CT molecular complexity index is 518. The van der Waals surface area contributed by atoms with E-state index in [-0.39, 0.29) is 0 Å². The zero-order valence-electron chi connectivity index (χ0n) is 12.1. The highest BCUT2D eigenvalue weighted by Gasteiger charge is 1.97. The number of phenols is 1. The van der Waals surface area contributed by atoms with Crippen molar-refractivity contribution in [1.29, 1.82) is 0 Å². The Balaban J connectivity index is 1.85. The molecular weight excluding hydrogens is 248 g/mol. The van der Waals surface area contributed by atoms with Crippen LogP contribution >= 0.6 is 0 Å². The summed E-state index contributed by atoms with van der Waals surface area (Å²) in [5.41, 5.74) is 3.63. The van der Waals surface area contributed by atoms with E-state index in [1.807, 2.05) is 12.1 Å². The first kappa shape index (κ1) is 14.4. The van der Waals surface area contributed by atoms with Gasteiger partial charge in [-0.1, -0.05) is 24.3 Å². The summed E-state index contributed by atoms with van der Waals surface area (Å²) in [6.07, 6.45) is 1.07. The average Bonchev–Trinajstić information content (AvgIpc) is 2.45. The fourth-order valence-corrected chi connectivity index (χ4v) is 1.96. The van der Waals surface area contributed by atoms with Gasteiger partial charge in [0.2, 0.25) is 0 Å². The number of nitrogens with one attached hydrogen (secondary N) is 1. The van der Waals surface area contributed by atoms with Crippen molar-refractivity contribution in [3.8, 4) is 5.75 Å². The molecule has 0 aliphatic carbocycles. The molecule has 0 saturated carbocycles. The van der Waals surface area contributed by atoms with E-state index in [9.17, 15) is 5.11 Å². The van der Waals surface area contributed by atoms with Crippen molar-refractivity contribution in [2.24, 2.45) is 0 Å². The summed E-state index contributed by atoms with van der Waals surface area (Å²) in [7, 11) is 4.18. The van der Waals surface area contributed by atoms with Gasteiger partial charge in [0.15, 0.2) is 0 Å². The Kier molecular flexibility index (Phi) is 5.02. The van der Waals surface area contributed by atoms with Crippen LogP contribution in [0.15, 0.2) is 48.5 Å². The van der Waals surface area contributed by atoms with Gasteiger partial charge in [0.1, 0.15) is 5.75 Å². The number of likely N-dealkylation sites (N-methyl/N-ethyl adjacent to an activating group) is 1. The second-order valence-corrected chi connectivity index (χ2v) is 5.27. The van der Waals surface area contributed by atoms with E-state index < -0.39 is 0 Å². The molecular formula is C17H22N2O. The van der Waals surface area contributed by atoms with Crippen LogP contribution in [0, 0.1) is 0 Å². The molecule has 0 amide bonds. The number of hydrogen-bond donors (Lipinski definition) is 2. The first-order valence-corrected chi connectivity index (χ1v) is 6.89. The van der Waals surface area contributed by atoms with E-state index in [1.165, 1.54) is 5.56 Å². The molecule has 3 heteroatoms. The van der Waals surface area contributed by atoms with Crippen LogP contribution in [0.3, 0.4) is 0 Å². The highest BCUT2D eigenvalue weighted by atomic mass is 16.3. The number of aromatic hydroxyl groups is 1.